The Morgan fingerprint density at radius 3 is 2.20 bits per heavy atom. The molecule has 10 heavy (non-hydrogen) atoms. The van der Waals surface area contributed by atoms with Gasteiger partial charge in [0.15, 0.2) is 0 Å². The lowest BCUT2D eigenvalue weighted by Gasteiger charge is -2.98. The van der Waals surface area contributed by atoms with Gasteiger partial charge in [-0.2, -0.15) is 5.26 Å². The Kier molecular flexibility index (Phi) is 0.207. The van der Waals surface area contributed by atoms with E-state index in [1.165, 1.54) is 0 Å². The van der Waals surface area contributed by atoms with Crippen molar-refractivity contribution in [3.8, 4) is 6.07 Å². The van der Waals surface area contributed by atoms with Crippen molar-refractivity contribution in [1.82, 2.24) is 0 Å². The van der Waals surface area contributed by atoms with Crippen LogP contribution in [0.2, 0.25) is 0 Å². The number of nitrogens with zero attached hydrogens (tertiary/aromatic N) is 1. The van der Waals surface area contributed by atoms with Gasteiger partial charge in [-0.3, -0.25) is 0 Å². The molecule has 6 rings (SSSR count). The molecule has 0 aromatic rings. The largest absolute Gasteiger partial charge is 0.198 e. The number of rotatable bonds is 0. The summed E-state index contributed by atoms with van der Waals surface area (Å²) in [6.45, 7) is 0. The van der Waals surface area contributed by atoms with Crippen LogP contribution in [0.3, 0.4) is 0 Å². The van der Waals surface area contributed by atoms with Crippen molar-refractivity contribution in [2.24, 2.45) is 35.0 Å². The predicted molar refractivity (Wildman–Crippen MR) is 32.5 cm³/mol. The van der Waals surface area contributed by atoms with Crippen LogP contribution >= 0.6 is 0 Å². The topological polar surface area (TPSA) is 23.8 Å². The molecule has 0 amide bonds. The second-order valence-electron chi connectivity index (χ2n) is 4.49. The Balaban J connectivity index is 2.00. The van der Waals surface area contributed by atoms with Gasteiger partial charge in [0.05, 0.1) is 11.5 Å². The van der Waals surface area contributed by atoms with E-state index in [1.807, 2.05) is 5.57 Å². The van der Waals surface area contributed by atoms with E-state index in [0.717, 1.165) is 29.6 Å². The van der Waals surface area contributed by atoms with Gasteiger partial charge in [0.2, 0.25) is 0 Å². The molecule has 6 atom stereocenters. The van der Waals surface area contributed by atoms with E-state index >= 15 is 0 Å². The molecule has 0 aromatic heterocycles. The first kappa shape index (κ1) is 3.57. The zero-order valence-electron chi connectivity index (χ0n) is 5.33. The molecule has 0 radical (unpaired) electrons. The van der Waals surface area contributed by atoms with Crippen molar-refractivity contribution < 1.29 is 0 Å². The normalized spacial score (nSPS) is 80.9. The van der Waals surface area contributed by atoms with E-state index in [9.17, 15) is 0 Å². The Hall–Kier alpha value is -0.770. The van der Waals surface area contributed by atoms with Gasteiger partial charge < -0.3 is 0 Å². The lowest BCUT2D eigenvalue weighted by molar-refractivity contribution is -0.378. The number of hydrogen-bond acceptors (Lipinski definition) is 1. The summed E-state index contributed by atoms with van der Waals surface area (Å²) in [5, 5.41) is 8.94. The van der Waals surface area contributed by atoms with Crippen molar-refractivity contribution in [2.45, 2.75) is 0 Å². The van der Waals surface area contributed by atoms with E-state index in [-0.39, 0.29) is 5.41 Å². The molecule has 0 aromatic carbocycles. The van der Waals surface area contributed by atoms with Gasteiger partial charge in [-0.05, 0) is 17.8 Å². The lowest BCUT2D eigenvalue weighted by atomic mass is 9.03. The van der Waals surface area contributed by atoms with E-state index in [1.54, 1.807) is 5.57 Å². The zero-order valence-corrected chi connectivity index (χ0v) is 5.33. The molecule has 1 heteroatoms. The molecule has 4 unspecified atom stereocenters. The third-order valence-electron chi connectivity index (χ3n) is 4.99. The first-order valence-electron chi connectivity index (χ1n) is 4.08. The zero-order chi connectivity index (χ0) is 6.25. The molecular weight excluding hydrogens is 122 g/mol. The number of hydrogen-bond donors (Lipinski definition) is 0. The average Bonchev–Trinajstić information content (AvgIpc) is 2.05. The quantitative estimate of drug-likeness (QED) is 0.444. The molecule has 0 N–H and O–H groups in total. The first-order valence-corrected chi connectivity index (χ1v) is 4.08. The van der Waals surface area contributed by atoms with E-state index < -0.39 is 0 Å². The van der Waals surface area contributed by atoms with E-state index in [0.29, 0.717) is 0 Å². The maximum Gasteiger partial charge on any atom is 0.0756 e. The maximum absolute atomic E-state index is 8.94. The van der Waals surface area contributed by atoms with Crippen LogP contribution in [0.4, 0.5) is 0 Å². The van der Waals surface area contributed by atoms with Crippen LogP contribution < -0.4 is 0 Å². The third-order valence-corrected chi connectivity index (χ3v) is 4.99. The molecule has 4 saturated carbocycles. The highest BCUT2D eigenvalue weighted by Gasteiger charge is 2.99. The molecule has 6 aliphatic rings. The Morgan fingerprint density at radius 2 is 1.90 bits per heavy atom. The molecule has 6 aliphatic carbocycles. The van der Waals surface area contributed by atoms with Gasteiger partial charge in [-0.25, -0.2) is 0 Å². The smallest absolute Gasteiger partial charge is 0.0756 e. The van der Waals surface area contributed by atoms with Crippen molar-refractivity contribution in [3.05, 3.63) is 11.1 Å². The molecular formula is C9H5N. The fourth-order valence-corrected chi connectivity index (χ4v) is 4.81. The van der Waals surface area contributed by atoms with Crippen LogP contribution in [0, 0.1) is 46.3 Å². The molecule has 0 bridgehead atoms. The minimum Gasteiger partial charge on any atom is -0.198 e. The van der Waals surface area contributed by atoms with Crippen LogP contribution in [0.1, 0.15) is 0 Å². The minimum absolute atomic E-state index is 0.256. The van der Waals surface area contributed by atoms with Crippen LogP contribution in [-0.2, 0) is 0 Å². The molecule has 0 spiro atoms. The highest BCUT2D eigenvalue weighted by atomic mass is 15.0. The average molecular weight is 127 g/mol. The summed E-state index contributed by atoms with van der Waals surface area (Å²) in [5.41, 5.74) is 3.82. The van der Waals surface area contributed by atoms with Gasteiger partial charge in [0.1, 0.15) is 0 Å². The van der Waals surface area contributed by atoms with Crippen LogP contribution in [0.25, 0.3) is 0 Å². The lowest BCUT2D eigenvalue weighted by Crippen LogP contribution is -2.96. The second kappa shape index (κ2) is 0.580. The van der Waals surface area contributed by atoms with Gasteiger partial charge >= 0.3 is 0 Å². The van der Waals surface area contributed by atoms with Crippen molar-refractivity contribution in [3.63, 3.8) is 0 Å². The molecule has 0 saturated heterocycles. The molecule has 4 fully saturated rings. The van der Waals surface area contributed by atoms with Crippen molar-refractivity contribution in [2.75, 3.05) is 0 Å². The third kappa shape index (κ3) is 0.0888. The summed E-state index contributed by atoms with van der Waals surface area (Å²) >= 11 is 0. The highest BCUT2D eigenvalue weighted by molar-refractivity contribution is 5.75. The van der Waals surface area contributed by atoms with E-state index in [2.05, 4.69) is 6.07 Å². The first-order chi connectivity index (χ1) is 4.93. The second-order valence-corrected chi connectivity index (χ2v) is 4.49. The molecule has 1 nitrogen and oxygen atoms in total. The number of allylic oxidation sites excluding steroid dienone is 2. The molecule has 0 heterocycles. The van der Waals surface area contributed by atoms with Crippen molar-refractivity contribution in [1.29, 1.82) is 5.26 Å². The fourth-order valence-electron chi connectivity index (χ4n) is 4.81. The van der Waals surface area contributed by atoms with E-state index in [4.69, 9.17) is 5.26 Å². The van der Waals surface area contributed by atoms with Gasteiger partial charge in [0.25, 0.3) is 0 Å². The highest BCUT2D eigenvalue weighted by Crippen LogP contribution is 3.02. The number of nitriles is 1. The summed E-state index contributed by atoms with van der Waals surface area (Å²) in [4.78, 5) is 0. The summed E-state index contributed by atoms with van der Waals surface area (Å²) in [6, 6.07) is 2.56. The standard InChI is InChI=1S/C9H5N/c10-1-9-6-3-2-4(6)8(9)5(2)7(3)9/h3-4,6-8H/t3?,4?,6?,7-,8+,9?. The predicted octanol–water partition coefficient (Wildman–Crippen LogP) is 0.942. The van der Waals surface area contributed by atoms with Crippen molar-refractivity contribution >= 4 is 0 Å². The SMILES string of the molecule is N#CC12C3C4C5=C([C@H]41)[C@H]2C53. The molecule has 0 aliphatic heterocycles. The monoisotopic (exact) mass is 127 g/mol. The van der Waals surface area contributed by atoms with Crippen LogP contribution in [-0.4, -0.2) is 0 Å². The summed E-state index contributed by atoms with van der Waals surface area (Å²) in [6.07, 6.45) is 0. The van der Waals surface area contributed by atoms with Gasteiger partial charge in [-0.15, -0.1) is 0 Å². The Labute approximate surface area is 58.3 Å². The molecule has 46 valence electrons. The summed E-state index contributed by atoms with van der Waals surface area (Å²) in [7, 11) is 0. The summed E-state index contributed by atoms with van der Waals surface area (Å²) in [5.74, 6) is 4.43. The summed E-state index contributed by atoms with van der Waals surface area (Å²) < 4.78 is 0. The van der Waals surface area contributed by atoms with Gasteiger partial charge in [-0.1, -0.05) is 11.1 Å². The minimum atomic E-state index is 0.256. The Morgan fingerprint density at radius 1 is 1.20 bits per heavy atom. The van der Waals surface area contributed by atoms with Gasteiger partial charge in [0, 0.05) is 11.8 Å². The maximum atomic E-state index is 8.94. The van der Waals surface area contributed by atoms with Crippen LogP contribution in [0.15, 0.2) is 11.1 Å². The fraction of sp³-hybridized carbons (Fsp3) is 0.667. The van der Waals surface area contributed by atoms with Crippen LogP contribution in [0.5, 0.6) is 0 Å². The Bertz CT molecular complexity index is 360.